The molecule has 0 radical (unpaired) electrons. The molecule has 2 rings (SSSR count). The molecule has 0 fully saturated rings. The zero-order valence-corrected chi connectivity index (χ0v) is 11.1. The van der Waals surface area contributed by atoms with Gasteiger partial charge in [0, 0.05) is 18.0 Å². The Hall–Kier alpha value is -1.94. The Morgan fingerprint density at radius 1 is 1.39 bits per heavy atom. The second-order valence-electron chi connectivity index (χ2n) is 4.00. The number of thiazole rings is 1. The van der Waals surface area contributed by atoms with Crippen LogP contribution in [-0.2, 0) is 4.79 Å². The van der Waals surface area contributed by atoms with Crippen LogP contribution in [0.5, 0.6) is 0 Å². The number of anilines is 1. The van der Waals surface area contributed by atoms with E-state index in [9.17, 15) is 4.79 Å². The minimum absolute atomic E-state index is 0.0986. The van der Waals surface area contributed by atoms with Gasteiger partial charge in [0.25, 0.3) is 0 Å². The monoisotopic (exact) mass is 258 g/mol. The zero-order chi connectivity index (χ0) is 13.0. The Kier molecular flexibility index (Phi) is 3.89. The molecular weight excluding hydrogens is 244 g/mol. The summed E-state index contributed by atoms with van der Waals surface area (Å²) in [6.07, 6.45) is 5.79. The molecule has 0 bridgehead atoms. The highest BCUT2D eigenvalue weighted by Gasteiger charge is 2.00. The molecule has 0 atom stereocenters. The molecule has 0 saturated carbocycles. The van der Waals surface area contributed by atoms with Crippen LogP contribution in [0.2, 0.25) is 0 Å². The molecule has 1 aromatic heterocycles. The summed E-state index contributed by atoms with van der Waals surface area (Å²) in [5.74, 6) is -0.0986. The Labute approximate surface area is 110 Å². The Balaban J connectivity index is 2.09. The lowest BCUT2D eigenvalue weighted by atomic mass is 10.1. The minimum Gasteiger partial charge on any atom is -0.302 e. The van der Waals surface area contributed by atoms with E-state index in [2.05, 4.69) is 35.4 Å². The number of nitrogens with one attached hydrogen (secondary N) is 1. The summed E-state index contributed by atoms with van der Waals surface area (Å²) in [5, 5.41) is 3.30. The van der Waals surface area contributed by atoms with E-state index in [1.54, 1.807) is 6.20 Å². The predicted molar refractivity (Wildman–Crippen MR) is 76.5 cm³/mol. The molecule has 4 heteroatoms. The largest absolute Gasteiger partial charge is 0.302 e. The number of aromatic nitrogens is 1. The van der Waals surface area contributed by atoms with Crippen molar-refractivity contribution in [2.45, 2.75) is 13.8 Å². The van der Waals surface area contributed by atoms with Crippen molar-refractivity contribution < 1.29 is 4.79 Å². The maximum atomic E-state index is 10.9. The van der Waals surface area contributed by atoms with Crippen LogP contribution in [0.3, 0.4) is 0 Å². The highest BCUT2D eigenvalue weighted by atomic mass is 32.1. The second kappa shape index (κ2) is 5.60. The SMILES string of the molecule is CC(=O)Nc1ncc(/C=C/c2cccc(C)c2)s1. The lowest BCUT2D eigenvalue weighted by Crippen LogP contribution is -2.04. The Bertz CT molecular complexity index is 587. The topological polar surface area (TPSA) is 42.0 Å². The molecule has 0 unspecified atom stereocenters. The van der Waals surface area contributed by atoms with Gasteiger partial charge < -0.3 is 5.32 Å². The van der Waals surface area contributed by atoms with E-state index in [1.165, 1.54) is 23.8 Å². The van der Waals surface area contributed by atoms with Crippen LogP contribution in [0.15, 0.2) is 30.5 Å². The first-order chi connectivity index (χ1) is 8.63. The smallest absolute Gasteiger partial charge is 0.223 e. The van der Waals surface area contributed by atoms with Crippen molar-refractivity contribution in [1.29, 1.82) is 0 Å². The van der Waals surface area contributed by atoms with Gasteiger partial charge in [0.1, 0.15) is 0 Å². The van der Waals surface area contributed by atoms with E-state index < -0.39 is 0 Å². The zero-order valence-electron chi connectivity index (χ0n) is 10.3. The molecule has 3 nitrogen and oxygen atoms in total. The van der Waals surface area contributed by atoms with Crippen LogP contribution >= 0.6 is 11.3 Å². The van der Waals surface area contributed by atoms with Gasteiger partial charge in [-0.1, -0.05) is 47.2 Å². The summed E-state index contributed by atoms with van der Waals surface area (Å²) in [6, 6.07) is 8.27. The number of rotatable bonds is 3. The summed E-state index contributed by atoms with van der Waals surface area (Å²) in [7, 11) is 0. The van der Waals surface area contributed by atoms with Gasteiger partial charge in [-0.3, -0.25) is 4.79 Å². The standard InChI is InChI=1S/C14H14N2OS/c1-10-4-3-5-12(8-10)6-7-13-9-15-14(18-13)16-11(2)17/h3-9H,1-2H3,(H,15,16,17)/b7-6+. The highest BCUT2D eigenvalue weighted by Crippen LogP contribution is 2.20. The fourth-order valence-corrected chi connectivity index (χ4v) is 2.29. The quantitative estimate of drug-likeness (QED) is 0.914. The molecule has 1 N–H and O–H groups in total. The van der Waals surface area contributed by atoms with Crippen LogP contribution in [0.4, 0.5) is 5.13 Å². The van der Waals surface area contributed by atoms with Gasteiger partial charge >= 0.3 is 0 Å². The first-order valence-corrected chi connectivity index (χ1v) is 6.43. The van der Waals surface area contributed by atoms with Gasteiger partial charge in [-0.15, -0.1) is 0 Å². The minimum atomic E-state index is -0.0986. The summed E-state index contributed by atoms with van der Waals surface area (Å²) in [4.78, 5) is 16.0. The molecular formula is C14H14N2OS. The lowest BCUT2D eigenvalue weighted by Gasteiger charge is -1.94. The second-order valence-corrected chi connectivity index (χ2v) is 5.06. The normalized spacial score (nSPS) is 10.8. The third-order valence-electron chi connectivity index (χ3n) is 2.29. The maximum absolute atomic E-state index is 10.9. The van der Waals surface area contributed by atoms with Crippen LogP contribution in [0, 0.1) is 6.92 Å². The number of carbonyl (C=O) groups is 1. The first kappa shape index (κ1) is 12.5. The van der Waals surface area contributed by atoms with E-state index in [-0.39, 0.29) is 5.91 Å². The van der Waals surface area contributed by atoms with Crippen LogP contribution < -0.4 is 5.32 Å². The summed E-state index contributed by atoms with van der Waals surface area (Å²) in [5.41, 5.74) is 2.39. The third kappa shape index (κ3) is 3.53. The van der Waals surface area contributed by atoms with E-state index in [0.29, 0.717) is 5.13 Å². The molecule has 1 aromatic carbocycles. The lowest BCUT2D eigenvalue weighted by molar-refractivity contribution is -0.114. The average molecular weight is 258 g/mol. The fraction of sp³-hybridized carbons (Fsp3) is 0.143. The number of carbonyl (C=O) groups excluding carboxylic acids is 1. The molecule has 0 saturated heterocycles. The molecule has 92 valence electrons. The highest BCUT2D eigenvalue weighted by molar-refractivity contribution is 7.16. The molecule has 2 aromatic rings. The summed E-state index contributed by atoms with van der Waals surface area (Å²) in [6.45, 7) is 3.54. The number of nitrogens with zero attached hydrogens (tertiary/aromatic N) is 1. The van der Waals surface area contributed by atoms with Gasteiger partial charge in [-0.25, -0.2) is 4.98 Å². The number of benzene rings is 1. The average Bonchev–Trinajstić information content (AvgIpc) is 2.73. The van der Waals surface area contributed by atoms with Crippen molar-refractivity contribution in [3.63, 3.8) is 0 Å². The third-order valence-corrected chi connectivity index (χ3v) is 3.17. The molecule has 0 aliphatic heterocycles. The van der Waals surface area contributed by atoms with Crippen molar-refractivity contribution in [3.05, 3.63) is 46.5 Å². The van der Waals surface area contributed by atoms with Crippen molar-refractivity contribution in [1.82, 2.24) is 4.98 Å². The Morgan fingerprint density at radius 3 is 2.94 bits per heavy atom. The van der Waals surface area contributed by atoms with E-state index in [4.69, 9.17) is 0 Å². The van der Waals surface area contributed by atoms with E-state index in [0.717, 1.165) is 10.4 Å². The maximum Gasteiger partial charge on any atom is 0.223 e. The summed E-state index contributed by atoms with van der Waals surface area (Å²) >= 11 is 1.45. The molecule has 1 heterocycles. The molecule has 0 spiro atoms. The van der Waals surface area contributed by atoms with Gasteiger partial charge in [0.15, 0.2) is 5.13 Å². The van der Waals surface area contributed by atoms with Crippen molar-refractivity contribution in [3.8, 4) is 0 Å². The molecule has 18 heavy (non-hydrogen) atoms. The molecule has 0 aliphatic rings. The first-order valence-electron chi connectivity index (χ1n) is 5.61. The number of hydrogen-bond acceptors (Lipinski definition) is 3. The molecule has 1 amide bonds. The van der Waals surface area contributed by atoms with Crippen molar-refractivity contribution in [2.24, 2.45) is 0 Å². The van der Waals surface area contributed by atoms with Crippen LogP contribution in [0.1, 0.15) is 22.9 Å². The van der Waals surface area contributed by atoms with Crippen LogP contribution in [-0.4, -0.2) is 10.9 Å². The number of hydrogen-bond donors (Lipinski definition) is 1. The van der Waals surface area contributed by atoms with Gasteiger partial charge in [0.2, 0.25) is 5.91 Å². The van der Waals surface area contributed by atoms with Crippen molar-refractivity contribution >= 4 is 34.5 Å². The fourth-order valence-electron chi connectivity index (χ4n) is 1.52. The van der Waals surface area contributed by atoms with Gasteiger partial charge in [-0.2, -0.15) is 0 Å². The van der Waals surface area contributed by atoms with Gasteiger partial charge in [0.05, 0.1) is 0 Å². The van der Waals surface area contributed by atoms with Gasteiger partial charge in [-0.05, 0) is 18.6 Å². The summed E-state index contributed by atoms with van der Waals surface area (Å²) < 4.78 is 0. The number of aryl methyl sites for hydroxylation is 1. The number of amides is 1. The van der Waals surface area contributed by atoms with E-state index >= 15 is 0 Å². The van der Waals surface area contributed by atoms with Crippen LogP contribution in [0.25, 0.3) is 12.2 Å². The molecule has 0 aliphatic carbocycles. The van der Waals surface area contributed by atoms with E-state index in [1.807, 2.05) is 18.2 Å². The van der Waals surface area contributed by atoms with Crippen molar-refractivity contribution in [2.75, 3.05) is 5.32 Å². The predicted octanol–water partition coefficient (Wildman–Crippen LogP) is 3.58. The Morgan fingerprint density at radius 2 is 2.22 bits per heavy atom.